The Morgan fingerprint density at radius 2 is 2.11 bits per heavy atom. The third-order valence-corrected chi connectivity index (χ3v) is 5.51. The van der Waals surface area contributed by atoms with E-state index in [0.717, 1.165) is 72.9 Å². The number of nitrogens with one attached hydrogen (secondary N) is 1. The van der Waals surface area contributed by atoms with Gasteiger partial charge in [0.1, 0.15) is 0 Å². The van der Waals surface area contributed by atoms with Crippen molar-refractivity contribution in [1.29, 1.82) is 0 Å². The first kappa shape index (κ1) is 18.9. The molecule has 1 aromatic heterocycles. The maximum absolute atomic E-state index is 13.0. The van der Waals surface area contributed by atoms with E-state index in [0.29, 0.717) is 12.1 Å². The Hall–Kier alpha value is -2.47. The quantitative estimate of drug-likeness (QED) is 0.805. The molecule has 0 radical (unpaired) electrons. The number of aryl methyl sites for hydroxylation is 2. The molecule has 1 fully saturated rings. The van der Waals surface area contributed by atoms with Crippen molar-refractivity contribution in [3.05, 3.63) is 40.6 Å². The number of esters is 1. The van der Waals surface area contributed by atoms with E-state index in [1.165, 1.54) is 0 Å². The Bertz CT molecular complexity index is 903. The second-order valence-corrected chi connectivity index (χ2v) is 7.65. The number of carbonyl (C=O) groups is 2. The number of ether oxygens (including phenoxy) is 2. The summed E-state index contributed by atoms with van der Waals surface area (Å²) in [6.07, 6.45) is 5.86. The van der Waals surface area contributed by atoms with Crippen molar-refractivity contribution in [2.24, 2.45) is 0 Å². The molecule has 0 saturated carbocycles. The summed E-state index contributed by atoms with van der Waals surface area (Å²) in [6, 6.07) is 5.92. The van der Waals surface area contributed by atoms with Crippen molar-refractivity contribution in [2.45, 2.75) is 51.6 Å². The number of fused-ring (bicyclic) bond motifs is 2. The van der Waals surface area contributed by atoms with Crippen LogP contribution in [0.15, 0.2) is 18.2 Å². The van der Waals surface area contributed by atoms with E-state index in [4.69, 9.17) is 14.5 Å². The van der Waals surface area contributed by atoms with Crippen LogP contribution in [-0.2, 0) is 27.1 Å². The Morgan fingerprint density at radius 1 is 1.25 bits per heavy atom. The Morgan fingerprint density at radius 3 is 2.93 bits per heavy atom. The predicted molar refractivity (Wildman–Crippen MR) is 105 cm³/mol. The molecule has 1 saturated heterocycles. The topological polar surface area (TPSA) is 77.5 Å². The van der Waals surface area contributed by atoms with Gasteiger partial charge in [-0.3, -0.25) is 9.78 Å². The van der Waals surface area contributed by atoms with Gasteiger partial charge in [0, 0.05) is 24.2 Å². The summed E-state index contributed by atoms with van der Waals surface area (Å²) in [6.45, 7) is 2.92. The van der Waals surface area contributed by atoms with Gasteiger partial charge in [-0.25, -0.2) is 4.79 Å². The molecule has 2 aliphatic rings. The number of amides is 1. The molecule has 1 aliphatic heterocycles. The van der Waals surface area contributed by atoms with Crippen LogP contribution in [0.1, 0.15) is 52.9 Å². The first-order valence-electron chi connectivity index (χ1n) is 10.1. The predicted octanol–water partition coefficient (Wildman–Crippen LogP) is 2.87. The number of hydrogen-bond donors (Lipinski definition) is 1. The highest BCUT2D eigenvalue weighted by Gasteiger charge is 2.24. The number of benzene rings is 1. The molecule has 148 valence electrons. The van der Waals surface area contributed by atoms with E-state index < -0.39 is 5.97 Å². The highest BCUT2D eigenvalue weighted by molar-refractivity contribution is 6.05. The summed E-state index contributed by atoms with van der Waals surface area (Å²) in [5, 5.41) is 3.60. The molecule has 2 heterocycles. The minimum atomic E-state index is -0.441. The van der Waals surface area contributed by atoms with Gasteiger partial charge in [-0.2, -0.15) is 0 Å². The van der Waals surface area contributed by atoms with Gasteiger partial charge in [-0.15, -0.1) is 0 Å². The van der Waals surface area contributed by atoms with Crippen LogP contribution in [0.2, 0.25) is 0 Å². The molecule has 4 rings (SSSR count). The zero-order valence-electron chi connectivity index (χ0n) is 16.3. The van der Waals surface area contributed by atoms with E-state index >= 15 is 0 Å². The maximum Gasteiger partial charge on any atom is 0.339 e. The summed E-state index contributed by atoms with van der Waals surface area (Å²) in [5.74, 6) is -0.740. The standard InChI is InChI=1S/C22H26N2O4/c1-14-8-9-19-17(11-14)21(16-6-2-3-7-18(16)24-19)22(26)28-13-20(25)23-12-15-5-4-10-27-15/h8-9,11,15H,2-7,10,12-13H2,1H3,(H,23,25). The third kappa shape index (κ3) is 4.02. The summed E-state index contributed by atoms with van der Waals surface area (Å²) in [7, 11) is 0. The maximum atomic E-state index is 13.0. The largest absolute Gasteiger partial charge is 0.452 e. The first-order chi connectivity index (χ1) is 13.6. The molecule has 28 heavy (non-hydrogen) atoms. The van der Waals surface area contributed by atoms with Gasteiger partial charge in [-0.1, -0.05) is 11.6 Å². The first-order valence-corrected chi connectivity index (χ1v) is 10.1. The van der Waals surface area contributed by atoms with E-state index in [1.807, 2.05) is 25.1 Å². The lowest BCUT2D eigenvalue weighted by Gasteiger charge is -2.20. The summed E-state index contributed by atoms with van der Waals surface area (Å²) in [4.78, 5) is 29.8. The summed E-state index contributed by atoms with van der Waals surface area (Å²) < 4.78 is 10.9. The van der Waals surface area contributed by atoms with E-state index in [-0.39, 0.29) is 18.6 Å². The molecule has 1 atom stereocenters. The Kier molecular flexibility index (Phi) is 5.57. The molecular formula is C22H26N2O4. The van der Waals surface area contributed by atoms with Gasteiger partial charge in [0.25, 0.3) is 5.91 Å². The van der Waals surface area contributed by atoms with Crippen molar-refractivity contribution in [1.82, 2.24) is 10.3 Å². The smallest absolute Gasteiger partial charge is 0.339 e. The zero-order chi connectivity index (χ0) is 19.5. The lowest BCUT2D eigenvalue weighted by Crippen LogP contribution is -2.35. The molecule has 1 aromatic carbocycles. The SMILES string of the molecule is Cc1ccc2nc3c(c(C(=O)OCC(=O)NCC4CCCO4)c2c1)CCCC3. The zero-order valence-corrected chi connectivity index (χ0v) is 16.3. The average Bonchev–Trinajstić information content (AvgIpc) is 3.22. The molecule has 1 unspecified atom stereocenters. The minimum absolute atomic E-state index is 0.0683. The van der Waals surface area contributed by atoms with E-state index in [2.05, 4.69) is 5.32 Å². The van der Waals surface area contributed by atoms with Crippen LogP contribution >= 0.6 is 0 Å². The van der Waals surface area contributed by atoms with Crippen LogP contribution < -0.4 is 5.32 Å². The Labute approximate surface area is 164 Å². The number of rotatable bonds is 5. The summed E-state index contributed by atoms with van der Waals surface area (Å²) in [5.41, 5.74) is 4.41. The molecule has 0 bridgehead atoms. The van der Waals surface area contributed by atoms with Gasteiger partial charge >= 0.3 is 5.97 Å². The average molecular weight is 382 g/mol. The number of aromatic nitrogens is 1. The van der Waals surface area contributed by atoms with Crippen molar-refractivity contribution >= 4 is 22.8 Å². The van der Waals surface area contributed by atoms with Crippen LogP contribution in [0.25, 0.3) is 10.9 Å². The number of nitrogens with zero attached hydrogens (tertiary/aromatic N) is 1. The van der Waals surface area contributed by atoms with Gasteiger partial charge in [0.2, 0.25) is 0 Å². The number of pyridine rings is 1. The van der Waals surface area contributed by atoms with Gasteiger partial charge in [-0.05, 0) is 63.1 Å². The minimum Gasteiger partial charge on any atom is -0.452 e. The molecule has 0 spiro atoms. The van der Waals surface area contributed by atoms with Crippen molar-refractivity contribution in [3.8, 4) is 0 Å². The molecule has 1 aliphatic carbocycles. The van der Waals surface area contributed by atoms with Crippen molar-refractivity contribution in [3.63, 3.8) is 0 Å². The van der Waals surface area contributed by atoms with Gasteiger partial charge < -0.3 is 14.8 Å². The molecular weight excluding hydrogens is 356 g/mol. The normalized spacial score (nSPS) is 18.7. The number of carbonyl (C=O) groups excluding carboxylic acids is 2. The lowest BCUT2D eigenvalue weighted by atomic mass is 9.89. The monoisotopic (exact) mass is 382 g/mol. The fourth-order valence-electron chi connectivity index (χ4n) is 4.06. The fourth-order valence-corrected chi connectivity index (χ4v) is 4.06. The highest BCUT2D eigenvalue weighted by Crippen LogP contribution is 2.30. The van der Waals surface area contributed by atoms with Crippen molar-refractivity contribution in [2.75, 3.05) is 19.8 Å². The fraction of sp³-hybridized carbons (Fsp3) is 0.500. The molecule has 1 amide bonds. The van der Waals surface area contributed by atoms with Crippen LogP contribution in [0, 0.1) is 6.92 Å². The van der Waals surface area contributed by atoms with Gasteiger partial charge in [0.05, 0.1) is 17.2 Å². The van der Waals surface area contributed by atoms with Gasteiger partial charge in [0.15, 0.2) is 6.61 Å². The molecule has 2 aromatic rings. The number of hydrogen-bond acceptors (Lipinski definition) is 5. The van der Waals surface area contributed by atoms with E-state index in [1.54, 1.807) is 0 Å². The second-order valence-electron chi connectivity index (χ2n) is 7.65. The van der Waals surface area contributed by atoms with Crippen LogP contribution in [0.3, 0.4) is 0 Å². The van der Waals surface area contributed by atoms with E-state index in [9.17, 15) is 9.59 Å². The molecule has 1 N–H and O–H groups in total. The molecule has 6 nitrogen and oxygen atoms in total. The Balaban J connectivity index is 1.51. The molecule has 6 heteroatoms. The summed E-state index contributed by atoms with van der Waals surface area (Å²) >= 11 is 0. The lowest BCUT2D eigenvalue weighted by molar-refractivity contribution is -0.124. The second kappa shape index (κ2) is 8.27. The third-order valence-electron chi connectivity index (χ3n) is 5.51. The van der Waals surface area contributed by atoms with Crippen molar-refractivity contribution < 1.29 is 19.1 Å². The van der Waals surface area contributed by atoms with Crippen LogP contribution in [0.5, 0.6) is 0 Å². The van der Waals surface area contributed by atoms with Crippen LogP contribution in [-0.4, -0.2) is 42.7 Å². The van der Waals surface area contributed by atoms with Crippen LogP contribution in [0.4, 0.5) is 0 Å². The highest BCUT2D eigenvalue weighted by atomic mass is 16.5.